The number of carbonyl (C=O) groups excluding carboxylic acids is 1. The summed E-state index contributed by atoms with van der Waals surface area (Å²) in [6, 6.07) is 0.0381. The average Bonchev–Trinajstić information content (AvgIpc) is 2.65. The molecule has 0 aliphatic carbocycles. The minimum absolute atomic E-state index is 0.0381. The SMILES string of the molecule is CCC(C)C1NC(C)N(CCCCCSC)C1=O. The fourth-order valence-corrected chi connectivity index (χ4v) is 2.94. The van der Waals surface area contributed by atoms with Gasteiger partial charge in [0.15, 0.2) is 0 Å². The van der Waals surface area contributed by atoms with E-state index < -0.39 is 0 Å². The van der Waals surface area contributed by atoms with Crippen LogP contribution >= 0.6 is 11.8 Å². The van der Waals surface area contributed by atoms with Crippen LogP contribution in [0, 0.1) is 5.92 Å². The molecule has 1 heterocycles. The molecule has 18 heavy (non-hydrogen) atoms. The number of rotatable bonds is 8. The molecule has 0 radical (unpaired) electrons. The zero-order valence-corrected chi connectivity index (χ0v) is 13.1. The Labute approximate surface area is 116 Å². The molecule has 0 aromatic carbocycles. The van der Waals surface area contributed by atoms with Gasteiger partial charge in [0, 0.05) is 6.54 Å². The summed E-state index contributed by atoms with van der Waals surface area (Å²) < 4.78 is 0. The summed E-state index contributed by atoms with van der Waals surface area (Å²) in [5.74, 6) is 1.97. The molecule has 1 aliphatic heterocycles. The average molecular weight is 272 g/mol. The largest absolute Gasteiger partial charge is 0.326 e. The van der Waals surface area contributed by atoms with Crippen LogP contribution in [0.1, 0.15) is 46.5 Å². The highest BCUT2D eigenvalue weighted by atomic mass is 32.2. The Hall–Kier alpha value is -0.220. The molecular weight excluding hydrogens is 244 g/mol. The van der Waals surface area contributed by atoms with E-state index >= 15 is 0 Å². The van der Waals surface area contributed by atoms with Crippen LogP contribution in [0.4, 0.5) is 0 Å². The molecule has 1 aliphatic rings. The summed E-state index contributed by atoms with van der Waals surface area (Å²) in [7, 11) is 0. The summed E-state index contributed by atoms with van der Waals surface area (Å²) >= 11 is 1.90. The minimum Gasteiger partial charge on any atom is -0.326 e. The maximum atomic E-state index is 12.3. The van der Waals surface area contributed by atoms with Crippen molar-refractivity contribution >= 4 is 17.7 Å². The van der Waals surface area contributed by atoms with Crippen molar-refractivity contribution in [3.63, 3.8) is 0 Å². The van der Waals surface area contributed by atoms with Gasteiger partial charge in [-0.05, 0) is 37.7 Å². The number of carbonyl (C=O) groups is 1. The van der Waals surface area contributed by atoms with Crippen molar-refractivity contribution in [1.29, 1.82) is 0 Å². The van der Waals surface area contributed by atoms with E-state index in [2.05, 4.69) is 32.3 Å². The standard InChI is InChI=1S/C14H28N2OS/c1-5-11(2)13-14(17)16(12(3)15-13)9-7-6-8-10-18-4/h11-13,15H,5-10H2,1-4H3. The number of unbranched alkanes of at least 4 members (excludes halogenated alkanes) is 2. The first-order chi connectivity index (χ1) is 8.61. The molecule has 3 atom stereocenters. The predicted octanol–water partition coefficient (Wildman–Crippen LogP) is 2.71. The molecule has 0 aromatic rings. The number of nitrogens with zero attached hydrogens (tertiary/aromatic N) is 1. The maximum Gasteiger partial charge on any atom is 0.241 e. The molecule has 4 heteroatoms. The van der Waals surface area contributed by atoms with E-state index in [9.17, 15) is 4.79 Å². The van der Waals surface area contributed by atoms with Crippen LogP contribution in [0.5, 0.6) is 0 Å². The lowest BCUT2D eigenvalue weighted by Crippen LogP contribution is -2.35. The number of hydrogen-bond donors (Lipinski definition) is 1. The molecule has 1 amide bonds. The topological polar surface area (TPSA) is 32.3 Å². The molecule has 0 aromatic heterocycles. The van der Waals surface area contributed by atoms with E-state index in [1.807, 2.05) is 16.7 Å². The van der Waals surface area contributed by atoms with Gasteiger partial charge >= 0.3 is 0 Å². The summed E-state index contributed by atoms with van der Waals surface area (Å²) in [6.45, 7) is 7.32. The predicted molar refractivity (Wildman–Crippen MR) is 79.8 cm³/mol. The Morgan fingerprint density at radius 3 is 2.72 bits per heavy atom. The van der Waals surface area contributed by atoms with Gasteiger partial charge in [-0.1, -0.05) is 26.7 Å². The molecule has 106 valence electrons. The smallest absolute Gasteiger partial charge is 0.241 e. The van der Waals surface area contributed by atoms with E-state index in [1.54, 1.807) is 0 Å². The van der Waals surface area contributed by atoms with Crippen molar-refractivity contribution in [3.05, 3.63) is 0 Å². The highest BCUT2D eigenvalue weighted by Crippen LogP contribution is 2.19. The first-order valence-electron chi connectivity index (χ1n) is 7.17. The number of amides is 1. The molecule has 0 bridgehead atoms. The van der Waals surface area contributed by atoms with Gasteiger partial charge in [-0.25, -0.2) is 0 Å². The first kappa shape index (κ1) is 15.8. The molecule has 0 saturated carbocycles. The second-order valence-electron chi connectivity index (χ2n) is 5.29. The van der Waals surface area contributed by atoms with E-state index in [0.717, 1.165) is 19.4 Å². The Morgan fingerprint density at radius 2 is 2.11 bits per heavy atom. The Kier molecular flexibility index (Phi) is 7.08. The molecule has 1 saturated heterocycles. The summed E-state index contributed by atoms with van der Waals surface area (Å²) in [4.78, 5) is 14.3. The van der Waals surface area contributed by atoms with Gasteiger partial charge in [-0.15, -0.1) is 0 Å². The fourth-order valence-electron chi connectivity index (χ4n) is 2.44. The van der Waals surface area contributed by atoms with Gasteiger partial charge in [-0.3, -0.25) is 10.1 Å². The van der Waals surface area contributed by atoms with Crippen molar-refractivity contribution in [2.75, 3.05) is 18.6 Å². The molecular formula is C14H28N2OS. The monoisotopic (exact) mass is 272 g/mol. The Bertz CT molecular complexity index is 260. The highest BCUT2D eigenvalue weighted by Gasteiger charge is 2.38. The lowest BCUT2D eigenvalue weighted by atomic mass is 9.99. The number of nitrogens with one attached hydrogen (secondary N) is 1. The molecule has 1 fully saturated rings. The van der Waals surface area contributed by atoms with E-state index in [0.29, 0.717) is 11.8 Å². The molecule has 3 nitrogen and oxygen atoms in total. The Morgan fingerprint density at radius 1 is 1.39 bits per heavy atom. The van der Waals surface area contributed by atoms with Gasteiger partial charge < -0.3 is 4.90 Å². The molecule has 1 rings (SSSR count). The third-order valence-electron chi connectivity index (χ3n) is 3.90. The van der Waals surface area contributed by atoms with Crippen molar-refractivity contribution < 1.29 is 4.79 Å². The maximum absolute atomic E-state index is 12.3. The van der Waals surface area contributed by atoms with Crippen LogP contribution in [0.15, 0.2) is 0 Å². The van der Waals surface area contributed by atoms with Crippen LogP contribution in [0.3, 0.4) is 0 Å². The van der Waals surface area contributed by atoms with Crippen molar-refractivity contribution in [2.24, 2.45) is 5.92 Å². The Balaban J connectivity index is 2.35. The van der Waals surface area contributed by atoms with Gasteiger partial charge in [-0.2, -0.15) is 11.8 Å². The normalized spacial score (nSPS) is 25.8. The summed E-state index contributed by atoms with van der Waals surface area (Å²) in [5.41, 5.74) is 0. The lowest BCUT2D eigenvalue weighted by molar-refractivity contribution is -0.130. The van der Waals surface area contributed by atoms with Crippen molar-refractivity contribution in [1.82, 2.24) is 10.2 Å². The van der Waals surface area contributed by atoms with Crippen LogP contribution in [0.2, 0.25) is 0 Å². The zero-order valence-electron chi connectivity index (χ0n) is 12.2. The van der Waals surface area contributed by atoms with Crippen LogP contribution in [-0.2, 0) is 4.79 Å². The molecule has 1 N–H and O–H groups in total. The van der Waals surface area contributed by atoms with Crippen LogP contribution in [0.25, 0.3) is 0 Å². The third-order valence-corrected chi connectivity index (χ3v) is 4.59. The summed E-state index contributed by atoms with van der Waals surface area (Å²) in [6.07, 6.45) is 7.03. The number of thioether (sulfide) groups is 1. The zero-order chi connectivity index (χ0) is 13.5. The van der Waals surface area contributed by atoms with Crippen molar-refractivity contribution in [3.8, 4) is 0 Å². The van der Waals surface area contributed by atoms with Crippen molar-refractivity contribution in [2.45, 2.75) is 58.7 Å². The first-order valence-corrected chi connectivity index (χ1v) is 8.56. The van der Waals surface area contributed by atoms with Gasteiger partial charge in [0.25, 0.3) is 0 Å². The quantitative estimate of drug-likeness (QED) is 0.690. The van der Waals surface area contributed by atoms with E-state index in [-0.39, 0.29) is 12.2 Å². The van der Waals surface area contributed by atoms with E-state index in [1.165, 1.54) is 18.6 Å². The van der Waals surface area contributed by atoms with Crippen LogP contribution in [-0.4, -0.2) is 41.6 Å². The fraction of sp³-hybridized carbons (Fsp3) is 0.929. The minimum atomic E-state index is 0.0381. The van der Waals surface area contributed by atoms with Gasteiger partial charge in [0.2, 0.25) is 5.91 Å². The second kappa shape index (κ2) is 8.05. The molecule has 3 unspecified atom stereocenters. The second-order valence-corrected chi connectivity index (χ2v) is 6.28. The van der Waals surface area contributed by atoms with Crippen LogP contribution < -0.4 is 5.32 Å². The highest BCUT2D eigenvalue weighted by molar-refractivity contribution is 7.98. The molecule has 0 spiro atoms. The van der Waals surface area contributed by atoms with Gasteiger partial charge in [0.1, 0.15) is 0 Å². The third kappa shape index (κ3) is 4.16. The van der Waals surface area contributed by atoms with E-state index in [4.69, 9.17) is 0 Å². The van der Waals surface area contributed by atoms with Gasteiger partial charge in [0.05, 0.1) is 12.2 Å². The lowest BCUT2D eigenvalue weighted by Gasteiger charge is -2.20. The summed E-state index contributed by atoms with van der Waals surface area (Å²) in [5, 5.41) is 3.43. The number of hydrogen-bond acceptors (Lipinski definition) is 3.